The minimum Gasteiger partial charge on any atom is -0.492 e. The third-order valence-electron chi connectivity index (χ3n) is 3.79. The molecule has 0 saturated heterocycles. The molecule has 3 rings (SSSR count). The maximum atomic E-state index is 12.5. The Morgan fingerprint density at radius 1 is 1.35 bits per heavy atom. The highest BCUT2D eigenvalue weighted by atomic mass is 35.5. The molecule has 0 spiro atoms. The minimum atomic E-state index is -0.0714. The van der Waals surface area contributed by atoms with Crippen LogP contribution in [-0.2, 0) is 13.0 Å². The van der Waals surface area contributed by atoms with Crippen molar-refractivity contribution in [3.05, 3.63) is 47.3 Å². The van der Waals surface area contributed by atoms with Gasteiger partial charge in [0.2, 0.25) is 0 Å². The predicted molar refractivity (Wildman–Crippen MR) is 90.1 cm³/mol. The summed E-state index contributed by atoms with van der Waals surface area (Å²) in [5, 5.41) is 10.4. The summed E-state index contributed by atoms with van der Waals surface area (Å²) < 4.78 is 5.62. The van der Waals surface area contributed by atoms with E-state index in [2.05, 4.69) is 15.5 Å². The van der Waals surface area contributed by atoms with E-state index in [-0.39, 0.29) is 18.3 Å². The van der Waals surface area contributed by atoms with E-state index in [9.17, 15) is 4.79 Å². The lowest BCUT2D eigenvalue weighted by Gasteiger charge is -2.18. The van der Waals surface area contributed by atoms with Crippen LogP contribution >= 0.6 is 12.4 Å². The molecule has 2 aromatic rings. The number of fused-ring (bicyclic) bond motifs is 1. The van der Waals surface area contributed by atoms with Crippen molar-refractivity contribution in [2.45, 2.75) is 13.0 Å². The van der Waals surface area contributed by atoms with E-state index in [1.165, 1.54) is 0 Å². The molecule has 1 aromatic heterocycles. The van der Waals surface area contributed by atoms with E-state index in [0.717, 1.165) is 30.0 Å². The van der Waals surface area contributed by atoms with Crippen LogP contribution in [0.1, 0.15) is 21.7 Å². The second-order valence-electron chi connectivity index (χ2n) is 5.34. The largest absolute Gasteiger partial charge is 0.492 e. The van der Waals surface area contributed by atoms with Gasteiger partial charge in [0.15, 0.2) is 5.69 Å². The molecule has 6 nitrogen and oxygen atoms in total. The minimum absolute atomic E-state index is 0. The normalized spacial score (nSPS) is 12.9. The Kier molecular flexibility index (Phi) is 6.01. The number of carbonyl (C=O) groups is 1. The molecule has 0 unspecified atom stereocenters. The zero-order valence-corrected chi connectivity index (χ0v) is 13.9. The fraction of sp³-hybridized carbons (Fsp3) is 0.375. The first-order chi connectivity index (χ1) is 10.8. The van der Waals surface area contributed by atoms with Crippen molar-refractivity contribution in [2.75, 3.05) is 26.7 Å². The van der Waals surface area contributed by atoms with Crippen LogP contribution in [0.5, 0.6) is 5.75 Å². The molecule has 0 fully saturated rings. The summed E-state index contributed by atoms with van der Waals surface area (Å²) in [6, 6.07) is 9.59. The molecule has 1 aliphatic rings. The molecule has 23 heavy (non-hydrogen) atoms. The van der Waals surface area contributed by atoms with Crippen molar-refractivity contribution in [3.63, 3.8) is 0 Å². The Morgan fingerprint density at radius 3 is 2.91 bits per heavy atom. The van der Waals surface area contributed by atoms with E-state index in [1.807, 2.05) is 30.3 Å². The third-order valence-corrected chi connectivity index (χ3v) is 3.79. The first-order valence-electron chi connectivity index (χ1n) is 7.46. The molecule has 0 bridgehead atoms. The third kappa shape index (κ3) is 4.03. The molecule has 2 N–H and O–H groups in total. The zero-order chi connectivity index (χ0) is 15.4. The number of carbonyl (C=O) groups excluding carboxylic acids is 1. The second-order valence-corrected chi connectivity index (χ2v) is 5.34. The summed E-state index contributed by atoms with van der Waals surface area (Å²) >= 11 is 0. The van der Waals surface area contributed by atoms with Gasteiger partial charge in [-0.3, -0.25) is 9.89 Å². The topological polar surface area (TPSA) is 70.2 Å². The number of aromatic amines is 1. The summed E-state index contributed by atoms with van der Waals surface area (Å²) in [5.41, 5.74) is 2.58. The Labute approximate surface area is 141 Å². The van der Waals surface area contributed by atoms with Gasteiger partial charge >= 0.3 is 0 Å². The fourth-order valence-electron chi connectivity index (χ4n) is 2.50. The van der Waals surface area contributed by atoms with Gasteiger partial charge in [-0.1, -0.05) is 18.2 Å². The molecule has 1 aromatic carbocycles. The molecule has 124 valence electrons. The van der Waals surface area contributed by atoms with Crippen molar-refractivity contribution in [1.82, 2.24) is 20.4 Å². The number of para-hydroxylation sites is 1. The highest BCUT2D eigenvalue weighted by Gasteiger charge is 2.23. The smallest absolute Gasteiger partial charge is 0.274 e. The molecular formula is C16H21ClN4O2. The number of nitrogens with one attached hydrogen (secondary N) is 2. The van der Waals surface area contributed by atoms with Crippen molar-refractivity contribution in [3.8, 4) is 5.75 Å². The number of amides is 1. The molecule has 0 atom stereocenters. The van der Waals surface area contributed by atoms with Crippen LogP contribution in [0, 0.1) is 0 Å². The van der Waals surface area contributed by atoms with Crippen molar-refractivity contribution < 1.29 is 9.53 Å². The van der Waals surface area contributed by atoms with Gasteiger partial charge in [0.1, 0.15) is 12.4 Å². The van der Waals surface area contributed by atoms with Crippen molar-refractivity contribution >= 4 is 18.3 Å². The van der Waals surface area contributed by atoms with E-state index in [0.29, 0.717) is 25.4 Å². The van der Waals surface area contributed by atoms with Gasteiger partial charge in [-0.2, -0.15) is 5.10 Å². The van der Waals surface area contributed by atoms with Crippen molar-refractivity contribution in [1.29, 1.82) is 0 Å². The van der Waals surface area contributed by atoms with E-state index in [4.69, 9.17) is 4.74 Å². The van der Waals surface area contributed by atoms with Crippen LogP contribution in [0.3, 0.4) is 0 Å². The lowest BCUT2D eigenvalue weighted by atomic mass is 10.1. The molecule has 2 heterocycles. The number of rotatable bonds is 5. The number of aromatic nitrogens is 2. The van der Waals surface area contributed by atoms with Crippen LogP contribution in [0.25, 0.3) is 0 Å². The number of ether oxygens (including phenoxy) is 1. The number of likely N-dealkylation sites (N-methyl/N-ethyl adjacent to an activating group) is 1. The maximum Gasteiger partial charge on any atom is 0.274 e. The first-order valence-corrected chi connectivity index (χ1v) is 7.46. The summed E-state index contributed by atoms with van der Waals surface area (Å²) in [6.45, 7) is 2.59. The summed E-state index contributed by atoms with van der Waals surface area (Å²) in [4.78, 5) is 14.1. The number of H-pyrrole nitrogens is 1. The van der Waals surface area contributed by atoms with Gasteiger partial charge in [-0.25, -0.2) is 0 Å². The predicted octanol–water partition coefficient (Wildman–Crippen LogP) is 1.63. The van der Waals surface area contributed by atoms with Gasteiger partial charge in [0, 0.05) is 37.8 Å². The quantitative estimate of drug-likeness (QED) is 0.870. The van der Waals surface area contributed by atoms with Gasteiger partial charge in [-0.15, -0.1) is 12.4 Å². The van der Waals surface area contributed by atoms with Crippen LogP contribution < -0.4 is 10.1 Å². The SMILES string of the molecule is CN(CCOc1ccccc1)C(=O)c1n[nH]c2c1CNCC2.Cl. The van der Waals surface area contributed by atoms with Crippen LogP contribution in [0.2, 0.25) is 0 Å². The second kappa shape index (κ2) is 7.99. The van der Waals surface area contributed by atoms with Crippen LogP contribution in [-0.4, -0.2) is 47.7 Å². The number of hydrogen-bond acceptors (Lipinski definition) is 4. The molecule has 0 radical (unpaired) electrons. The highest BCUT2D eigenvalue weighted by Crippen LogP contribution is 2.16. The lowest BCUT2D eigenvalue weighted by molar-refractivity contribution is 0.0766. The lowest BCUT2D eigenvalue weighted by Crippen LogP contribution is -2.33. The maximum absolute atomic E-state index is 12.5. The average Bonchev–Trinajstić information content (AvgIpc) is 2.99. The Bertz CT molecular complexity index is 645. The van der Waals surface area contributed by atoms with Gasteiger partial charge in [0.25, 0.3) is 5.91 Å². The monoisotopic (exact) mass is 336 g/mol. The number of nitrogens with zero attached hydrogens (tertiary/aromatic N) is 2. The van der Waals surface area contributed by atoms with Crippen LogP contribution in [0.4, 0.5) is 0 Å². The Hall–Kier alpha value is -2.05. The average molecular weight is 337 g/mol. The van der Waals surface area contributed by atoms with Gasteiger partial charge in [0.05, 0.1) is 6.54 Å². The summed E-state index contributed by atoms with van der Waals surface area (Å²) in [6.07, 6.45) is 0.885. The van der Waals surface area contributed by atoms with E-state index < -0.39 is 0 Å². The first kappa shape index (κ1) is 17.3. The number of hydrogen-bond donors (Lipinski definition) is 2. The Balaban J connectivity index is 0.00000192. The summed E-state index contributed by atoms with van der Waals surface area (Å²) in [7, 11) is 1.77. The number of halogens is 1. The van der Waals surface area contributed by atoms with E-state index in [1.54, 1.807) is 11.9 Å². The number of benzene rings is 1. The van der Waals surface area contributed by atoms with E-state index >= 15 is 0 Å². The molecule has 0 aliphatic carbocycles. The Morgan fingerprint density at radius 2 is 2.13 bits per heavy atom. The molecule has 1 aliphatic heterocycles. The van der Waals surface area contributed by atoms with Gasteiger partial charge in [-0.05, 0) is 12.1 Å². The molecule has 1 amide bonds. The molecule has 0 saturated carbocycles. The fourth-order valence-corrected chi connectivity index (χ4v) is 2.50. The highest BCUT2D eigenvalue weighted by molar-refractivity contribution is 5.93. The summed E-state index contributed by atoms with van der Waals surface area (Å²) in [5.74, 6) is 0.738. The standard InChI is InChI=1S/C16H20N4O2.ClH/c1-20(9-10-22-12-5-3-2-4-6-12)16(21)15-13-11-17-8-7-14(13)18-19-15;/h2-6,17H,7-11H2,1H3,(H,18,19);1H. The van der Waals surface area contributed by atoms with Gasteiger partial charge < -0.3 is 15.0 Å². The molecule has 7 heteroatoms. The van der Waals surface area contributed by atoms with Crippen LogP contribution in [0.15, 0.2) is 30.3 Å². The zero-order valence-electron chi connectivity index (χ0n) is 13.0. The molecular weight excluding hydrogens is 316 g/mol. The van der Waals surface area contributed by atoms with Crippen molar-refractivity contribution in [2.24, 2.45) is 0 Å².